The van der Waals surface area contributed by atoms with E-state index in [2.05, 4.69) is 17.3 Å². The highest BCUT2D eigenvalue weighted by Crippen LogP contribution is 2.42. The van der Waals surface area contributed by atoms with E-state index < -0.39 is 6.67 Å². The van der Waals surface area contributed by atoms with E-state index in [1.165, 1.54) is 0 Å². The molecule has 2 aliphatic heterocycles. The van der Waals surface area contributed by atoms with Crippen molar-refractivity contribution in [3.05, 3.63) is 17.5 Å². The van der Waals surface area contributed by atoms with Gasteiger partial charge in [-0.2, -0.15) is 5.10 Å². The number of nitrogens with one attached hydrogen (secondary N) is 1. The molecule has 0 aromatic carbocycles. The third-order valence-electron chi connectivity index (χ3n) is 4.14. The van der Waals surface area contributed by atoms with Crippen molar-refractivity contribution in [2.24, 2.45) is 0 Å². The first-order chi connectivity index (χ1) is 8.66. The first-order valence-electron chi connectivity index (χ1n) is 6.64. The fourth-order valence-electron chi connectivity index (χ4n) is 3.33. The molecule has 1 saturated heterocycles. The number of aromatic nitrogens is 2. The Balaban J connectivity index is 2.05. The van der Waals surface area contributed by atoms with Gasteiger partial charge in [-0.3, -0.25) is 4.68 Å². The minimum absolute atomic E-state index is 0.260. The fourth-order valence-corrected chi connectivity index (χ4v) is 3.33. The minimum atomic E-state index is -0.419. The van der Waals surface area contributed by atoms with Gasteiger partial charge in [-0.15, -0.1) is 0 Å². The van der Waals surface area contributed by atoms with E-state index in [9.17, 15) is 4.39 Å². The van der Waals surface area contributed by atoms with E-state index in [-0.39, 0.29) is 11.6 Å². The predicted molar refractivity (Wildman–Crippen MR) is 66.3 cm³/mol. The van der Waals surface area contributed by atoms with Crippen molar-refractivity contribution in [3.8, 4) is 0 Å². The molecule has 1 aromatic heterocycles. The van der Waals surface area contributed by atoms with E-state index in [4.69, 9.17) is 4.74 Å². The Morgan fingerprint density at radius 1 is 1.67 bits per heavy atom. The van der Waals surface area contributed by atoms with Gasteiger partial charge in [0.15, 0.2) is 0 Å². The maximum absolute atomic E-state index is 13.0. The summed E-state index contributed by atoms with van der Waals surface area (Å²) in [5, 5.41) is 7.80. The molecule has 3 heterocycles. The van der Waals surface area contributed by atoms with Crippen LogP contribution < -0.4 is 5.32 Å². The lowest BCUT2D eigenvalue weighted by Crippen LogP contribution is -2.51. The van der Waals surface area contributed by atoms with Crippen LogP contribution in [-0.4, -0.2) is 35.6 Å². The van der Waals surface area contributed by atoms with Gasteiger partial charge in [-0.05, 0) is 38.8 Å². The molecule has 1 unspecified atom stereocenters. The number of fused-ring (bicyclic) bond motifs is 2. The second-order valence-corrected chi connectivity index (χ2v) is 5.54. The van der Waals surface area contributed by atoms with Crippen molar-refractivity contribution in [2.75, 3.05) is 19.8 Å². The third-order valence-corrected chi connectivity index (χ3v) is 4.14. The summed E-state index contributed by atoms with van der Waals surface area (Å²) in [5.74, 6) is 0. The van der Waals surface area contributed by atoms with Crippen LogP contribution in [-0.2, 0) is 10.3 Å². The van der Waals surface area contributed by atoms with Crippen LogP contribution in [0.3, 0.4) is 0 Å². The van der Waals surface area contributed by atoms with Gasteiger partial charge in [-0.25, -0.2) is 4.39 Å². The molecule has 1 aromatic rings. The molecule has 3 atom stereocenters. The van der Waals surface area contributed by atoms with Crippen LogP contribution in [0.2, 0.25) is 0 Å². The van der Waals surface area contributed by atoms with Crippen LogP contribution >= 0.6 is 0 Å². The molecule has 0 bridgehead atoms. The molecule has 1 fully saturated rings. The maximum atomic E-state index is 13.0. The summed E-state index contributed by atoms with van der Waals surface area (Å²) in [6, 6.07) is 0.160. The average Bonchev–Trinajstić information content (AvgIpc) is 2.74. The molecule has 1 N–H and O–H groups in total. The summed E-state index contributed by atoms with van der Waals surface area (Å²) in [5.41, 5.74) is 1.93. The van der Waals surface area contributed by atoms with Gasteiger partial charge in [0, 0.05) is 6.04 Å². The number of piperidine rings is 1. The normalized spacial score (nSPS) is 35.7. The molecule has 3 rings (SSSR count). The van der Waals surface area contributed by atoms with E-state index >= 15 is 0 Å². The zero-order valence-corrected chi connectivity index (χ0v) is 10.9. The Morgan fingerprint density at radius 3 is 3.22 bits per heavy atom. The van der Waals surface area contributed by atoms with Gasteiger partial charge < -0.3 is 10.1 Å². The zero-order valence-electron chi connectivity index (χ0n) is 10.9. The summed E-state index contributed by atoms with van der Waals surface area (Å²) < 4.78 is 21.0. The molecule has 0 saturated carbocycles. The molecule has 0 radical (unpaired) electrons. The molecule has 2 aliphatic rings. The van der Waals surface area contributed by atoms with Crippen molar-refractivity contribution in [1.29, 1.82) is 0 Å². The van der Waals surface area contributed by atoms with Crippen LogP contribution in [0.25, 0.3) is 0 Å². The fraction of sp³-hybridized carbons (Fsp3) is 0.769. The predicted octanol–water partition coefficient (Wildman–Crippen LogP) is 1.70. The molecule has 18 heavy (non-hydrogen) atoms. The van der Waals surface area contributed by atoms with Crippen LogP contribution in [0.1, 0.15) is 37.1 Å². The molecule has 4 nitrogen and oxygen atoms in total. The van der Waals surface area contributed by atoms with Gasteiger partial charge in [-0.1, -0.05) is 0 Å². The minimum Gasteiger partial charge on any atom is -0.366 e. The molecule has 5 heteroatoms. The van der Waals surface area contributed by atoms with Gasteiger partial charge in [0.05, 0.1) is 18.5 Å². The maximum Gasteiger partial charge on any atom is 0.114 e. The standard InChI is InChI=1S/C13H20FN3O/c1-9-7-16-17-11(6-14)8-18-13(12(9)17)3-4-15-10(2)5-13/h7,10-11,15H,3-6,8H2,1-2H3/t10-,11?,13-/m1/s1. The summed E-state index contributed by atoms with van der Waals surface area (Å²) >= 11 is 0. The Hall–Kier alpha value is -0.940. The number of hydrogen-bond acceptors (Lipinski definition) is 3. The molecule has 100 valence electrons. The van der Waals surface area contributed by atoms with Crippen molar-refractivity contribution in [1.82, 2.24) is 15.1 Å². The summed E-state index contributed by atoms with van der Waals surface area (Å²) in [4.78, 5) is 0. The molecular weight excluding hydrogens is 233 g/mol. The van der Waals surface area contributed by atoms with Crippen molar-refractivity contribution >= 4 is 0 Å². The molecular formula is C13H20FN3O. The Bertz CT molecular complexity index is 447. The number of aryl methyl sites for hydroxylation is 1. The second kappa shape index (κ2) is 4.31. The van der Waals surface area contributed by atoms with Crippen LogP contribution in [0.4, 0.5) is 4.39 Å². The Morgan fingerprint density at radius 2 is 2.50 bits per heavy atom. The van der Waals surface area contributed by atoms with Gasteiger partial charge in [0.25, 0.3) is 0 Å². The highest BCUT2D eigenvalue weighted by atomic mass is 19.1. The first kappa shape index (κ1) is 12.1. The summed E-state index contributed by atoms with van der Waals surface area (Å²) in [7, 11) is 0. The lowest BCUT2D eigenvalue weighted by atomic mass is 9.82. The smallest absolute Gasteiger partial charge is 0.114 e. The average molecular weight is 253 g/mol. The van der Waals surface area contributed by atoms with Gasteiger partial charge >= 0.3 is 0 Å². The number of alkyl halides is 1. The van der Waals surface area contributed by atoms with E-state index in [0.717, 1.165) is 30.6 Å². The molecule has 1 spiro atoms. The van der Waals surface area contributed by atoms with Crippen LogP contribution in [0.5, 0.6) is 0 Å². The monoisotopic (exact) mass is 253 g/mol. The Kier molecular flexibility index (Phi) is 2.90. The Labute approximate surface area is 107 Å². The number of hydrogen-bond donors (Lipinski definition) is 1. The molecule has 0 amide bonds. The zero-order chi connectivity index (χ0) is 12.8. The number of nitrogens with zero attached hydrogens (tertiary/aromatic N) is 2. The topological polar surface area (TPSA) is 39.1 Å². The van der Waals surface area contributed by atoms with Crippen LogP contribution in [0.15, 0.2) is 6.20 Å². The van der Waals surface area contributed by atoms with E-state index in [1.54, 1.807) is 0 Å². The van der Waals surface area contributed by atoms with Gasteiger partial charge in [0.1, 0.15) is 18.3 Å². The first-order valence-corrected chi connectivity index (χ1v) is 6.64. The quantitative estimate of drug-likeness (QED) is 0.828. The summed E-state index contributed by atoms with van der Waals surface area (Å²) in [6.07, 6.45) is 3.70. The lowest BCUT2D eigenvalue weighted by molar-refractivity contribution is -0.120. The van der Waals surface area contributed by atoms with Crippen molar-refractivity contribution in [3.63, 3.8) is 0 Å². The van der Waals surface area contributed by atoms with E-state index in [0.29, 0.717) is 12.6 Å². The lowest BCUT2D eigenvalue weighted by Gasteiger charge is -2.45. The number of ether oxygens (including phenoxy) is 1. The number of rotatable bonds is 1. The molecule has 0 aliphatic carbocycles. The highest BCUT2D eigenvalue weighted by molar-refractivity contribution is 5.26. The SMILES string of the molecule is Cc1cnn2c1[C@]1(CCN[C@H](C)C1)OCC2CF. The van der Waals surface area contributed by atoms with Crippen molar-refractivity contribution < 1.29 is 9.13 Å². The summed E-state index contributed by atoms with van der Waals surface area (Å²) in [6.45, 7) is 5.15. The third kappa shape index (κ3) is 1.68. The highest BCUT2D eigenvalue weighted by Gasteiger charge is 2.45. The number of halogens is 1. The largest absolute Gasteiger partial charge is 0.366 e. The van der Waals surface area contributed by atoms with E-state index in [1.807, 2.05) is 17.8 Å². The van der Waals surface area contributed by atoms with Crippen LogP contribution in [0, 0.1) is 6.92 Å². The van der Waals surface area contributed by atoms with Crippen molar-refractivity contribution in [2.45, 2.75) is 44.4 Å². The van der Waals surface area contributed by atoms with Gasteiger partial charge in [0.2, 0.25) is 0 Å². The second-order valence-electron chi connectivity index (χ2n) is 5.54.